The zero-order valence-corrected chi connectivity index (χ0v) is 18.3. The molecule has 0 bridgehead atoms. The number of ether oxygens (including phenoxy) is 1. The molecule has 0 saturated heterocycles. The summed E-state index contributed by atoms with van der Waals surface area (Å²) in [5.74, 6) is 0.743. The van der Waals surface area contributed by atoms with E-state index in [2.05, 4.69) is 0 Å². The highest BCUT2D eigenvalue weighted by Gasteiger charge is 2.24. The Kier molecular flexibility index (Phi) is 7.08. The number of sulfonamides is 1. The number of rotatable bonds is 8. The fourth-order valence-electron chi connectivity index (χ4n) is 3.45. The molecule has 3 rings (SSSR count). The summed E-state index contributed by atoms with van der Waals surface area (Å²) < 4.78 is 32.0. The number of methoxy groups -OCH3 is 1. The zero-order chi connectivity index (χ0) is 21.6. The molecule has 0 saturated carbocycles. The average Bonchev–Trinajstić information content (AvgIpc) is 2.77. The van der Waals surface area contributed by atoms with E-state index in [0.717, 1.165) is 28.0 Å². The molecule has 0 amide bonds. The first-order chi connectivity index (χ1) is 14.4. The minimum Gasteiger partial charge on any atom is -0.497 e. The topological polar surface area (TPSA) is 46.6 Å². The summed E-state index contributed by atoms with van der Waals surface area (Å²) in [6.07, 6.45) is 3.25. The molecule has 0 fully saturated rings. The second-order valence-corrected chi connectivity index (χ2v) is 9.07. The van der Waals surface area contributed by atoms with Gasteiger partial charge in [-0.3, -0.25) is 0 Å². The maximum atomic E-state index is 12.6. The molecule has 0 N–H and O–H groups in total. The van der Waals surface area contributed by atoms with E-state index >= 15 is 0 Å². The van der Waals surface area contributed by atoms with Crippen LogP contribution >= 0.6 is 0 Å². The summed E-state index contributed by atoms with van der Waals surface area (Å²) in [4.78, 5) is 0. The van der Waals surface area contributed by atoms with Gasteiger partial charge in [0.25, 0.3) is 0 Å². The highest BCUT2D eigenvalue weighted by molar-refractivity contribution is 7.88. The Morgan fingerprint density at radius 1 is 0.900 bits per heavy atom. The predicted molar refractivity (Wildman–Crippen MR) is 123 cm³/mol. The highest BCUT2D eigenvalue weighted by atomic mass is 32.2. The summed E-state index contributed by atoms with van der Waals surface area (Å²) in [5.41, 5.74) is 4.02. The van der Waals surface area contributed by atoms with Gasteiger partial charge < -0.3 is 4.74 Å². The fraction of sp³-hybridized carbons (Fsp3) is 0.200. The third-order valence-corrected chi connectivity index (χ3v) is 6.42. The first-order valence-corrected chi connectivity index (χ1v) is 11.7. The minimum atomic E-state index is -3.43. The molecule has 4 nitrogen and oxygen atoms in total. The molecule has 0 aliphatic heterocycles. The molecule has 30 heavy (non-hydrogen) atoms. The van der Waals surface area contributed by atoms with Gasteiger partial charge in [0.2, 0.25) is 10.0 Å². The summed E-state index contributed by atoms with van der Waals surface area (Å²) in [7, 11) is -1.82. The van der Waals surface area contributed by atoms with Crippen LogP contribution in [0.2, 0.25) is 0 Å². The maximum absolute atomic E-state index is 12.6. The van der Waals surface area contributed by atoms with Gasteiger partial charge in [-0.15, -0.1) is 0 Å². The van der Waals surface area contributed by atoms with Crippen LogP contribution in [0.3, 0.4) is 0 Å². The first-order valence-electron chi connectivity index (χ1n) is 9.82. The number of hydrogen-bond donors (Lipinski definition) is 0. The molecular weight excluding hydrogens is 394 g/mol. The van der Waals surface area contributed by atoms with Gasteiger partial charge in [-0.25, -0.2) is 8.42 Å². The van der Waals surface area contributed by atoms with Crippen molar-refractivity contribution in [2.45, 2.75) is 13.0 Å². The quantitative estimate of drug-likeness (QED) is 0.505. The van der Waals surface area contributed by atoms with E-state index in [1.165, 1.54) is 10.6 Å². The lowest BCUT2D eigenvalue weighted by Gasteiger charge is -2.26. The van der Waals surface area contributed by atoms with Crippen LogP contribution in [0, 0.1) is 0 Å². The Bertz CT molecular complexity index is 1030. The lowest BCUT2D eigenvalue weighted by atomic mass is 9.97. The third kappa shape index (κ3) is 5.38. The molecule has 0 aliphatic carbocycles. The minimum absolute atomic E-state index is 0.269. The largest absolute Gasteiger partial charge is 0.497 e. The van der Waals surface area contributed by atoms with Gasteiger partial charge in [0.15, 0.2) is 0 Å². The third-order valence-electron chi connectivity index (χ3n) is 5.10. The molecule has 3 aromatic rings. The summed E-state index contributed by atoms with van der Waals surface area (Å²) in [6.45, 7) is 2.17. The molecule has 1 atom stereocenters. The summed E-state index contributed by atoms with van der Waals surface area (Å²) >= 11 is 0. The number of nitrogens with zero attached hydrogens (tertiary/aromatic N) is 1. The Morgan fingerprint density at radius 2 is 1.40 bits per heavy atom. The summed E-state index contributed by atoms with van der Waals surface area (Å²) in [6, 6.07) is 27.2. The van der Waals surface area contributed by atoms with E-state index in [9.17, 15) is 8.42 Å². The Balaban J connectivity index is 1.97. The van der Waals surface area contributed by atoms with Crippen molar-refractivity contribution < 1.29 is 13.2 Å². The van der Waals surface area contributed by atoms with Crippen LogP contribution in [0.5, 0.6) is 5.75 Å². The van der Waals surface area contributed by atoms with Gasteiger partial charge in [0.05, 0.1) is 13.4 Å². The first kappa shape index (κ1) is 21.8. The monoisotopic (exact) mass is 421 g/mol. The SMILES string of the molecule is COc1ccc([C@@H](C)N(CC=C(c2ccccc2)c2ccccc2)S(C)(=O)=O)cc1. The molecule has 0 aliphatic rings. The van der Waals surface area contributed by atoms with E-state index < -0.39 is 10.0 Å². The Hall–Kier alpha value is -2.89. The van der Waals surface area contributed by atoms with Gasteiger partial charge in [-0.2, -0.15) is 4.31 Å². The van der Waals surface area contributed by atoms with Crippen LogP contribution in [0.4, 0.5) is 0 Å². The van der Waals surface area contributed by atoms with E-state index in [-0.39, 0.29) is 12.6 Å². The fourth-order valence-corrected chi connectivity index (χ4v) is 4.49. The standard InChI is InChI=1S/C25H27NO3S/c1-20(21-14-16-24(29-2)17-15-21)26(30(3,27)28)19-18-25(22-10-6-4-7-11-22)23-12-8-5-9-13-23/h4-18,20H,19H2,1-3H3/t20-/m1/s1. The molecule has 0 unspecified atom stereocenters. The van der Waals surface area contributed by atoms with E-state index in [1.807, 2.05) is 97.9 Å². The van der Waals surface area contributed by atoms with Gasteiger partial charge in [0.1, 0.15) is 5.75 Å². The van der Waals surface area contributed by atoms with Gasteiger partial charge in [-0.05, 0) is 41.3 Å². The number of benzene rings is 3. The van der Waals surface area contributed by atoms with Crippen LogP contribution in [0.15, 0.2) is 91.0 Å². The van der Waals surface area contributed by atoms with Crippen LogP contribution in [0.1, 0.15) is 29.7 Å². The smallest absolute Gasteiger partial charge is 0.212 e. The van der Waals surface area contributed by atoms with Crippen molar-refractivity contribution in [3.8, 4) is 5.75 Å². The molecule has 0 radical (unpaired) electrons. The second-order valence-electron chi connectivity index (χ2n) is 7.13. The van der Waals surface area contributed by atoms with Crippen LogP contribution < -0.4 is 4.74 Å². The van der Waals surface area contributed by atoms with Crippen LogP contribution in [-0.4, -0.2) is 32.6 Å². The normalized spacial score (nSPS) is 12.4. The molecule has 0 heterocycles. The van der Waals surface area contributed by atoms with Crippen molar-refractivity contribution in [3.05, 3.63) is 108 Å². The van der Waals surface area contributed by atoms with Crippen molar-refractivity contribution >= 4 is 15.6 Å². The highest BCUT2D eigenvalue weighted by Crippen LogP contribution is 2.27. The second kappa shape index (κ2) is 9.74. The lowest BCUT2D eigenvalue weighted by Crippen LogP contribution is -2.33. The predicted octanol–water partition coefficient (Wildman–Crippen LogP) is 5.15. The molecule has 0 aromatic heterocycles. The molecule has 156 valence electrons. The maximum Gasteiger partial charge on any atom is 0.212 e. The summed E-state index contributed by atoms with van der Waals surface area (Å²) in [5, 5.41) is 0. The molecule has 5 heteroatoms. The van der Waals surface area contributed by atoms with Crippen LogP contribution in [-0.2, 0) is 10.0 Å². The zero-order valence-electron chi connectivity index (χ0n) is 17.5. The van der Waals surface area contributed by atoms with Gasteiger partial charge in [-0.1, -0.05) is 78.9 Å². The van der Waals surface area contributed by atoms with Crippen molar-refractivity contribution in [3.63, 3.8) is 0 Å². The number of hydrogen-bond acceptors (Lipinski definition) is 3. The Labute approximate surface area is 179 Å². The van der Waals surface area contributed by atoms with E-state index in [4.69, 9.17) is 4.74 Å². The van der Waals surface area contributed by atoms with Crippen LogP contribution in [0.25, 0.3) is 5.57 Å². The van der Waals surface area contributed by atoms with Crippen molar-refractivity contribution in [1.29, 1.82) is 0 Å². The Morgan fingerprint density at radius 3 is 1.83 bits per heavy atom. The van der Waals surface area contributed by atoms with Crippen molar-refractivity contribution in [1.82, 2.24) is 4.31 Å². The van der Waals surface area contributed by atoms with E-state index in [0.29, 0.717) is 0 Å². The van der Waals surface area contributed by atoms with E-state index in [1.54, 1.807) is 7.11 Å². The van der Waals surface area contributed by atoms with Crippen molar-refractivity contribution in [2.24, 2.45) is 0 Å². The van der Waals surface area contributed by atoms with Gasteiger partial charge >= 0.3 is 0 Å². The lowest BCUT2D eigenvalue weighted by molar-refractivity contribution is 0.373. The van der Waals surface area contributed by atoms with Crippen molar-refractivity contribution in [2.75, 3.05) is 19.9 Å². The van der Waals surface area contributed by atoms with Gasteiger partial charge in [0, 0.05) is 12.6 Å². The molecule has 3 aromatic carbocycles. The molecular formula is C25H27NO3S. The average molecular weight is 422 g/mol. The molecule has 0 spiro atoms.